The zero-order chi connectivity index (χ0) is 71.1. The van der Waals surface area contributed by atoms with Crippen LogP contribution in [0, 0.1) is 17.8 Å². The first-order valence-electron chi connectivity index (χ1n) is 35.4. The Bertz CT molecular complexity index is 3790. The lowest BCUT2D eigenvalue weighted by Gasteiger charge is -2.34. The molecule has 12 aliphatic heterocycles. The summed E-state index contributed by atoms with van der Waals surface area (Å²) in [5.74, 6) is -1.92. The second kappa shape index (κ2) is 29.4. The van der Waals surface area contributed by atoms with Crippen molar-refractivity contribution in [3.05, 3.63) is 103 Å². The van der Waals surface area contributed by atoms with Crippen molar-refractivity contribution in [3.63, 3.8) is 0 Å². The molecule has 3 atom stereocenters. The van der Waals surface area contributed by atoms with Crippen molar-refractivity contribution in [2.24, 2.45) is 17.8 Å². The van der Waals surface area contributed by atoms with Gasteiger partial charge in [-0.3, -0.25) is 78.6 Å². The fraction of sp³-hybridized carbons (Fsp3) is 0.575. The van der Waals surface area contributed by atoms with Crippen LogP contribution in [-0.2, 0) is 95.4 Å². The summed E-state index contributed by atoms with van der Waals surface area (Å²) in [6, 6.07) is 9.78. The maximum atomic E-state index is 13.1. The predicted molar refractivity (Wildman–Crippen MR) is 360 cm³/mol. The summed E-state index contributed by atoms with van der Waals surface area (Å²) in [5.41, 5.74) is 10.1. The van der Waals surface area contributed by atoms with Crippen molar-refractivity contribution in [3.8, 4) is 0 Å². The molecule has 0 bridgehead atoms. The average Bonchev–Trinajstić information content (AvgIpc) is 1.62. The van der Waals surface area contributed by atoms with Gasteiger partial charge in [-0.05, 0) is 193 Å². The van der Waals surface area contributed by atoms with Gasteiger partial charge in [0.2, 0.25) is 35.4 Å². The molecule has 27 heteroatoms. The van der Waals surface area contributed by atoms with Gasteiger partial charge in [0.05, 0.1) is 11.1 Å². The minimum atomic E-state index is -0.905. The lowest BCUT2D eigenvalue weighted by molar-refractivity contribution is -0.138. The first-order chi connectivity index (χ1) is 47.6. The highest BCUT2D eigenvalue weighted by atomic mass is 16.6. The highest BCUT2D eigenvalue weighted by Gasteiger charge is 2.47. The fourth-order valence-electron chi connectivity index (χ4n) is 15.6. The van der Waals surface area contributed by atoms with Crippen molar-refractivity contribution in [1.29, 1.82) is 0 Å². The van der Waals surface area contributed by atoms with E-state index in [1.807, 2.05) is 58.6 Å². The highest BCUT2D eigenvalue weighted by Crippen LogP contribution is 2.38. The molecular formula is C73H92N12O15. The summed E-state index contributed by atoms with van der Waals surface area (Å²) in [5, 5.41) is 13.5. The van der Waals surface area contributed by atoms with Crippen LogP contribution in [0.5, 0.6) is 0 Å². The number of imide groups is 4. The second-order valence-corrected chi connectivity index (χ2v) is 30.5. The minimum Gasteiger partial charge on any atom is -0.444 e. The monoisotopic (exact) mass is 1380 g/mol. The van der Waals surface area contributed by atoms with Crippen LogP contribution in [0.25, 0.3) is 0 Å². The molecule has 3 aromatic rings. The highest BCUT2D eigenvalue weighted by molar-refractivity contribution is 6.23. The molecule has 0 radical (unpaired) electrons. The summed E-state index contributed by atoms with van der Waals surface area (Å²) >= 11 is 0. The van der Waals surface area contributed by atoms with Gasteiger partial charge in [-0.25, -0.2) is 9.59 Å². The number of nitrogens with one attached hydrogen (secondary N) is 5. The third-order valence-corrected chi connectivity index (χ3v) is 20.8. The van der Waals surface area contributed by atoms with Gasteiger partial charge in [-0.1, -0.05) is 12.1 Å². The van der Waals surface area contributed by atoms with Crippen LogP contribution in [0.15, 0.2) is 36.4 Å². The Morgan fingerprint density at radius 1 is 0.430 bits per heavy atom. The number of rotatable bonds is 8. The zero-order valence-electron chi connectivity index (χ0n) is 58.1. The Hall–Kier alpha value is -8.79. The SMILES string of the molecule is CC(C)(C)OC(=O)N1CCC(C=O)CC1.CC(C)(C)OC(=O)N1CCC(CN2Cc3cc4c(cc3C2)C(=O)N(C2CCC(=O)NC2=O)C4)CC1.O=C1CCC(N2C(=O)c3cc4c(cc3C2=O)CNC4)C(=O)N1.O=C1CCC(N2Cc3cc4c(cc3C2=O)CN(CC2CCNCC2)C4)C(=O)N1. The van der Waals surface area contributed by atoms with Crippen LogP contribution in [0.3, 0.4) is 0 Å². The molecule has 0 saturated carbocycles. The molecule has 12 aliphatic rings. The van der Waals surface area contributed by atoms with Crippen LogP contribution in [0.1, 0.15) is 205 Å². The molecule has 12 heterocycles. The molecule has 12 amide bonds. The number of fused-ring (bicyclic) bond motifs is 6. The maximum Gasteiger partial charge on any atom is 0.410 e. The Morgan fingerprint density at radius 2 is 0.800 bits per heavy atom. The van der Waals surface area contributed by atoms with Gasteiger partial charge >= 0.3 is 12.2 Å². The third-order valence-electron chi connectivity index (χ3n) is 20.8. The van der Waals surface area contributed by atoms with E-state index in [1.165, 1.54) is 35.1 Å². The number of benzene rings is 3. The van der Waals surface area contributed by atoms with Crippen molar-refractivity contribution >= 4 is 77.5 Å². The lowest BCUT2D eigenvalue weighted by atomic mass is 9.96. The lowest BCUT2D eigenvalue weighted by Crippen LogP contribution is -2.54. The molecule has 6 fully saturated rings. The Morgan fingerprint density at radius 3 is 1.19 bits per heavy atom. The van der Waals surface area contributed by atoms with E-state index in [4.69, 9.17) is 9.47 Å². The average molecular weight is 1380 g/mol. The summed E-state index contributed by atoms with van der Waals surface area (Å²) < 4.78 is 10.7. The first-order valence-corrected chi connectivity index (χ1v) is 35.4. The molecule has 0 aromatic heterocycles. The molecule has 6 saturated heterocycles. The molecule has 5 N–H and O–H groups in total. The number of ether oxygens (including phenoxy) is 2. The quantitative estimate of drug-likeness (QED) is 0.151. The smallest absolute Gasteiger partial charge is 0.410 e. The van der Waals surface area contributed by atoms with E-state index in [-0.39, 0.29) is 78.7 Å². The van der Waals surface area contributed by atoms with Crippen LogP contribution in [-0.4, -0.2) is 194 Å². The molecular weight excluding hydrogens is 1280 g/mol. The van der Waals surface area contributed by atoms with E-state index in [9.17, 15) is 62.3 Å². The summed E-state index contributed by atoms with van der Waals surface area (Å²) in [7, 11) is 0. The van der Waals surface area contributed by atoms with Crippen molar-refractivity contribution in [2.75, 3.05) is 52.4 Å². The van der Waals surface area contributed by atoms with Gasteiger partial charge in [0.15, 0.2) is 0 Å². The van der Waals surface area contributed by atoms with Gasteiger partial charge in [-0.15, -0.1) is 0 Å². The van der Waals surface area contributed by atoms with Crippen molar-refractivity contribution in [2.45, 2.75) is 200 Å². The molecule has 15 rings (SSSR count). The number of hydrogen-bond acceptors (Lipinski definition) is 19. The topological polar surface area (TPSA) is 323 Å². The number of hydrogen-bond donors (Lipinski definition) is 5. The Kier molecular flexibility index (Phi) is 20.9. The van der Waals surface area contributed by atoms with E-state index >= 15 is 0 Å². The maximum absolute atomic E-state index is 13.1. The van der Waals surface area contributed by atoms with E-state index in [2.05, 4.69) is 48.5 Å². The number of likely N-dealkylation sites (tertiary alicyclic amines) is 2. The van der Waals surface area contributed by atoms with Gasteiger partial charge in [-0.2, -0.15) is 0 Å². The summed E-state index contributed by atoms with van der Waals surface area (Å²) in [4.78, 5) is 169. The minimum absolute atomic E-state index is 0.0795. The summed E-state index contributed by atoms with van der Waals surface area (Å²) in [6.45, 7) is 23.9. The van der Waals surface area contributed by atoms with Crippen LogP contribution < -0.4 is 26.6 Å². The largest absolute Gasteiger partial charge is 0.444 e. The number of carbonyl (C=O) groups is 13. The van der Waals surface area contributed by atoms with E-state index in [1.54, 1.807) is 26.8 Å². The Labute approximate surface area is 581 Å². The fourth-order valence-corrected chi connectivity index (χ4v) is 15.6. The molecule has 27 nitrogen and oxygen atoms in total. The number of piperidine rings is 6. The zero-order valence-corrected chi connectivity index (χ0v) is 58.1. The van der Waals surface area contributed by atoms with Crippen LogP contribution in [0.2, 0.25) is 0 Å². The van der Waals surface area contributed by atoms with Gasteiger partial charge in [0, 0.05) is 128 Å². The number of nitrogens with zero attached hydrogens (tertiary/aromatic N) is 7. The number of carbonyl (C=O) groups excluding carboxylic acids is 13. The second-order valence-electron chi connectivity index (χ2n) is 30.5. The normalized spacial score (nSPS) is 23.4. The third kappa shape index (κ3) is 16.0. The molecule has 3 aromatic carbocycles. The van der Waals surface area contributed by atoms with Crippen molar-refractivity contribution in [1.82, 2.24) is 60.9 Å². The molecule has 0 aliphatic carbocycles. The van der Waals surface area contributed by atoms with Gasteiger partial charge in [0.1, 0.15) is 35.6 Å². The van der Waals surface area contributed by atoms with E-state index in [0.29, 0.717) is 81.1 Å². The van der Waals surface area contributed by atoms with E-state index < -0.39 is 47.0 Å². The number of aldehydes is 1. The Balaban J connectivity index is 0.000000132. The predicted octanol–water partition coefficient (Wildman–Crippen LogP) is 4.70. The summed E-state index contributed by atoms with van der Waals surface area (Å²) in [6.07, 6.45) is 8.03. The van der Waals surface area contributed by atoms with Gasteiger partial charge < -0.3 is 44.5 Å². The standard InChI is InChI=1S/C26H34N4O5.C21H26N4O3.C15H13N3O4.C11H19NO3/c1-26(2,3)35-25(34)29-8-6-16(7-9-29)12-28-13-17-10-19-15-30(21-4-5-22(31)27-23(21)32)24(33)20(19)11-18(17)14-28;26-19-2-1-18(20(27)23-19)25-12-16-7-14-10-24(9-13-3-5-22-6-4-13)11-15(14)8-17(16)21(25)28;19-12-2-1-11(13(20)17-12)18-14(21)9-3-7-5-16-6-8(7)4-10(9)15(18)22;1-11(2,3)15-10(14)12-6-4-9(8-13)5-7-12/h10-11,16,21H,4-9,12-15H2,1-3H3,(H,27,31,32);7-8,13,18,22H,1-6,9-12H2,(H,23,26,27);3-4,11,16H,1-2,5-6H2,(H,17,19,20);8-9H,4-7H2,1-3H3. The molecule has 100 heavy (non-hydrogen) atoms. The van der Waals surface area contributed by atoms with E-state index in [0.717, 1.165) is 136 Å². The van der Waals surface area contributed by atoms with Gasteiger partial charge in [0.25, 0.3) is 23.6 Å². The van der Waals surface area contributed by atoms with Crippen molar-refractivity contribution < 1.29 is 71.8 Å². The van der Waals surface area contributed by atoms with Crippen LogP contribution >= 0.6 is 0 Å². The number of amides is 12. The molecule has 0 spiro atoms. The first kappa shape index (κ1) is 71.1. The van der Waals surface area contributed by atoms with Crippen LogP contribution in [0.4, 0.5) is 9.59 Å². The molecule has 3 unspecified atom stereocenters. The molecule has 534 valence electrons.